The van der Waals surface area contributed by atoms with Crippen LogP contribution in [0.15, 0.2) is 42.0 Å². The van der Waals surface area contributed by atoms with E-state index in [-0.39, 0.29) is 0 Å². The van der Waals surface area contributed by atoms with Crippen LogP contribution >= 0.6 is 11.3 Å². The molecule has 1 aromatic carbocycles. The lowest BCUT2D eigenvalue weighted by atomic mass is 10.1. The third-order valence-corrected chi connectivity index (χ3v) is 5.45. The number of benzene rings is 1. The highest BCUT2D eigenvalue weighted by molar-refractivity contribution is 7.09. The normalized spacial score (nSPS) is 18.5. The molecule has 4 nitrogen and oxygen atoms in total. The van der Waals surface area contributed by atoms with Gasteiger partial charge in [0.15, 0.2) is 0 Å². The second-order valence-corrected chi connectivity index (χ2v) is 7.30. The van der Waals surface area contributed by atoms with Crippen LogP contribution in [0.5, 0.6) is 0 Å². The zero-order chi connectivity index (χ0) is 16.4. The van der Waals surface area contributed by atoms with Crippen LogP contribution in [0.25, 0.3) is 10.8 Å². The predicted molar refractivity (Wildman–Crippen MR) is 97.1 cm³/mol. The van der Waals surface area contributed by atoms with Gasteiger partial charge in [-0.2, -0.15) is 0 Å². The Kier molecular flexibility index (Phi) is 4.56. The van der Waals surface area contributed by atoms with E-state index in [1.54, 1.807) is 11.3 Å². The van der Waals surface area contributed by atoms with E-state index in [4.69, 9.17) is 4.74 Å². The second kappa shape index (κ2) is 6.97. The Balaban J connectivity index is 1.36. The summed E-state index contributed by atoms with van der Waals surface area (Å²) in [6.07, 6.45) is 5.22. The van der Waals surface area contributed by atoms with Crippen molar-refractivity contribution >= 4 is 22.1 Å². The largest absolute Gasteiger partial charge is 0.370 e. The van der Waals surface area contributed by atoms with E-state index in [1.807, 2.05) is 19.3 Å². The van der Waals surface area contributed by atoms with Gasteiger partial charge in [-0.25, -0.2) is 4.98 Å². The van der Waals surface area contributed by atoms with E-state index in [1.165, 1.54) is 16.3 Å². The summed E-state index contributed by atoms with van der Waals surface area (Å²) in [6, 6.07) is 8.56. The van der Waals surface area contributed by atoms with Crippen molar-refractivity contribution in [2.24, 2.45) is 0 Å². The highest BCUT2D eigenvalue weighted by atomic mass is 32.1. The number of hydrogen-bond acceptors (Lipinski definition) is 5. The van der Waals surface area contributed by atoms with Gasteiger partial charge in [-0.05, 0) is 30.4 Å². The van der Waals surface area contributed by atoms with Gasteiger partial charge in [0.2, 0.25) is 0 Å². The zero-order valence-electron chi connectivity index (χ0n) is 13.8. The van der Waals surface area contributed by atoms with E-state index in [0.717, 1.165) is 36.8 Å². The smallest absolute Gasteiger partial charge is 0.119 e. The van der Waals surface area contributed by atoms with Crippen LogP contribution in [-0.4, -0.2) is 34.1 Å². The molecule has 24 heavy (non-hydrogen) atoms. The molecule has 1 saturated heterocycles. The Bertz CT molecular complexity index is 827. The molecule has 0 N–H and O–H groups in total. The van der Waals surface area contributed by atoms with Crippen molar-refractivity contribution in [3.63, 3.8) is 0 Å². The molecule has 4 rings (SSSR count). The molecule has 0 aliphatic carbocycles. The maximum atomic E-state index is 6.05. The predicted octanol–water partition coefficient (Wildman–Crippen LogP) is 3.79. The molecule has 1 unspecified atom stereocenters. The van der Waals surface area contributed by atoms with Crippen LogP contribution in [0.4, 0.5) is 0 Å². The molecular weight excluding hydrogens is 318 g/mol. The summed E-state index contributed by atoms with van der Waals surface area (Å²) in [5, 5.41) is 5.66. The maximum Gasteiger partial charge on any atom is 0.119 e. The van der Waals surface area contributed by atoms with Crippen molar-refractivity contribution in [1.29, 1.82) is 0 Å². The van der Waals surface area contributed by atoms with Crippen LogP contribution in [0, 0.1) is 6.92 Å². The van der Waals surface area contributed by atoms with Crippen molar-refractivity contribution in [3.05, 3.63) is 58.3 Å². The molecule has 2 aromatic heterocycles. The first kappa shape index (κ1) is 15.7. The van der Waals surface area contributed by atoms with E-state index in [0.29, 0.717) is 12.7 Å². The first-order valence-electron chi connectivity index (χ1n) is 8.34. The number of pyridine rings is 1. The summed E-state index contributed by atoms with van der Waals surface area (Å²) in [7, 11) is 0. The van der Waals surface area contributed by atoms with Crippen molar-refractivity contribution in [1.82, 2.24) is 14.9 Å². The van der Waals surface area contributed by atoms with Crippen LogP contribution in [0.1, 0.15) is 22.7 Å². The van der Waals surface area contributed by atoms with E-state index in [2.05, 4.69) is 44.5 Å². The van der Waals surface area contributed by atoms with E-state index >= 15 is 0 Å². The molecule has 0 radical (unpaired) electrons. The van der Waals surface area contributed by atoms with Gasteiger partial charge >= 0.3 is 0 Å². The number of thiazole rings is 1. The molecule has 0 bridgehead atoms. The zero-order valence-corrected chi connectivity index (χ0v) is 14.6. The Hall–Kier alpha value is -1.82. The molecule has 1 fully saturated rings. The molecule has 3 heterocycles. The molecule has 0 spiro atoms. The topological polar surface area (TPSA) is 38.2 Å². The summed E-state index contributed by atoms with van der Waals surface area (Å²) >= 11 is 1.68. The third kappa shape index (κ3) is 3.48. The fraction of sp³-hybridized carbons (Fsp3) is 0.368. The Morgan fingerprint density at radius 1 is 1.33 bits per heavy atom. The fourth-order valence-electron chi connectivity index (χ4n) is 3.29. The molecule has 1 aliphatic heterocycles. The lowest BCUT2D eigenvalue weighted by Gasteiger charge is -2.17. The lowest BCUT2D eigenvalue weighted by Crippen LogP contribution is -2.23. The van der Waals surface area contributed by atoms with Gasteiger partial charge in [0, 0.05) is 48.5 Å². The van der Waals surface area contributed by atoms with Gasteiger partial charge in [-0.1, -0.05) is 18.2 Å². The molecule has 5 heteroatoms. The number of fused-ring (bicyclic) bond motifs is 1. The van der Waals surface area contributed by atoms with Gasteiger partial charge in [0.1, 0.15) is 5.01 Å². The van der Waals surface area contributed by atoms with Gasteiger partial charge in [-0.15, -0.1) is 11.3 Å². The molecule has 3 aromatic rings. The Labute approximate surface area is 146 Å². The third-order valence-electron chi connectivity index (χ3n) is 4.51. The SMILES string of the molecule is Cc1csc(COC2CCN(Cc3cccc4ccncc34)C2)n1. The number of aryl methyl sites for hydroxylation is 1. The van der Waals surface area contributed by atoms with Crippen molar-refractivity contribution < 1.29 is 4.74 Å². The highest BCUT2D eigenvalue weighted by Gasteiger charge is 2.23. The average molecular weight is 339 g/mol. The molecular formula is C19H21N3OS. The van der Waals surface area contributed by atoms with Gasteiger partial charge < -0.3 is 4.74 Å². The summed E-state index contributed by atoms with van der Waals surface area (Å²) in [6.45, 7) is 5.68. The monoisotopic (exact) mass is 339 g/mol. The summed E-state index contributed by atoms with van der Waals surface area (Å²) in [4.78, 5) is 11.2. The van der Waals surface area contributed by atoms with Crippen LogP contribution in [-0.2, 0) is 17.9 Å². The first-order valence-corrected chi connectivity index (χ1v) is 9.22. The quantitative estimate of drug-likeness (QED) is 0.709. The number of hydrogen-bond donors (Lipinski definition) is 0. The fourth-order valence-corrected chi connectivity index (χ4v) is 3.98. The van der Waals surface area contributed by atoms with Crippen LogP contribution in [0.2, 0.25) is 0 Å². The molecule has 124 valence electrons. The number of likely N-dealkylation sites (tertiary alicyclic amines) is 1. The minimum absolute atomic E-state index is 0.308. The average Bonchev–Trinajstić information content (AvgIpc) is 3.22. The van der Waals surface area contributed by atoms with Crippen molar-refractivity contribution in [2.45, 2.75) is 32.6 Å². The Morgan fingerprint density at radius 2 is 2.29 bits per heavy atom. The molecule has 0 amide bonds. The van der Waals surface area contributed by atoms with Gasteiger partial charge in [0.05, 0.1) is 12.7 Å². The maximum absolute atomic E-state index is 6.05. The van der Waals surface area contributed by atoms with E-state index in [9.17, 15) is 0 Å². The Morgan fingerprint density at radius 3 is 3.17 bits per heavy atom. The van der Waals surface area contributed by atoms with Gasteiger partial charge in [-0.3, -0.25) is 9.88 Å². The van der Waals surface area contributed by atoms with Crippen molar-refractivity contribution in [3.8, 4) is 0 Å². The van der Waals surface area contributed by atoms with Crippen LogP contribution < -0.4 is 0 Å². The van der Waals surface area contributed by atoms with Crippen molar-refractivity contribution in [2.75, 3.05) is 13.1 Å². The minimum Gasteiger partial charge on any atom is -0.370 e. The summed E-state index contributed by atoms with van der Waals surface area (Å²) < 4.78 is 6.05. The molecule has 1 aliphatic rings. The highest BCUT2D eigenvalue weighted by Crippen LogP contribution is 2.22. The lowest BCUT2D eigenvalue weighted by molar-refractivity contribution is 0.0460. The second-order valence-electron chi connectivity index (χ2n) is 6.35. The van der Waals surface area contributed by atoms with Gasteiger partial charge in [0.25, 0.3) is 0 Å². The summed E-state index contributed by atoms with van der Waals surface area (Å²) in [5.74, 6) is 0. The standard InChI is InChI=1S/C19H21N3OS/c1-14-13-24-19(21-14)12-23-17-6-8-22(11-17)10-16-4-2-3-15-5-7-20-9-18(15)16/h2-5,7,9,13,17H,6,8,10-12H2,1H3. The number of aromatic nitrogens is 2. The summed E-state index contributed by atoms with van der Waals surface area (Å²) in [5.41, 5.74) is 2.42. The number of rotatable bonds is 5. The first-order chi connectivity index (χ1) is 11.8. The number of ether oxygens (including phenoxy) is 1. The molecule has 1 atom stereocenters. The number of nitrogens with zero attached hydrogens (tertiary/aromatic N) is 3. The molecule has 0 saturated carbocycles. The minimum atomic E-state index is 0.308. The van der Waals surface area contributed by atoms with E-state index < -0.39 is 0 Å². The van der Waals surface area contributed by atoms with Crippen LogP contribution in [0.3, 0.4) is 0 Å².